The molecule has 1 atom stereocenters. The van der Waals surface area contributed by atoms with Gasteiger partial charge in [0.1, 0.15) is 6.04 Å². The number of nitrogens with two attached hydrogens (primary N) is 1. The molecule has 272 valence electrons. The smallest absolute Gasteiger partial charge is 0.397 e. The maximum absolute atomic E-state index is 13.9. The normalized spacial score (nSPS) is 20.8. The lowest BCUT2D eigenvalue weighted by atomic mass is 9.98. The van der Waals surface area contributed by atoms with Crippen molar-refractivity contribution in [1.82, 2.24) is 30.4 Å². The molecule has 4 aliphatic rings. The lowest BCUT2D eigenvalue weighted by Gasteiger charge is -2.41. The van der Waals surface area contributed by atoms with E-state index in [2.05, 4.69) is 20.9 Å². The number of nitrogens with zero attached hydrogens (tertiary/aromatic N) is 4. The number of piperazine rings is 1. The van der Waals surface area contributed by atoms with Gasteiger partial charge in [-0.1, -0.05) is 29.8 Å². The molecule has 0 radical (unpaired) electrons. The molecule has 5 N–H and O–H groups in total. The van der Waals surface area contributed by atoms with Gasteiger partial charge in [0.25, 0.3) is 0 Å². The second-order valence-corrected chi connectivity index (χ2v) is 13.8. The third-order valence-corrected chi connectivity index (χ3v) is 10.5. The molecule has 6 rings (SSSR count). The first-order chi connectivity index (χ1) is 24.0. The topological polar surface area (TPSA) is 136 Å². The molecule has 12 nitrogen and oxygen atoms in total. The maximum Gasteiger partial charge on any atom is 0.426 e. The number of hydrogen-bond donors (Lipinski definition) is 4. The van der Waals surface area contributed by atoms with E-state index in [9.17, 15) is 27.6 Å². The highest BCUT2D eigenvalue weighted by Gasteiger charge is 2.37. The van der Waals surface area contributed by atoms with Gasteiger partial charge in [-0.05, 0) is 61.4 Å². The molecule has 3 saturated heterocycles. The number of carbonyl (C=O) groups excluding carboxylic acids is 3. The van der Waals surface area contributed by atoms with E-state index in [1.165, 1.54) is 11.1 Å². The SMILES string of the molecule is Nc1c(Cl)cc(CC(NC(=O)ON2CCC(N3CCc4ccccc4NC3=O)CC2)C(=O)N2CCC(N3CCNCC3)CC2)cc1C(F)(F)F. The molecule has 0 spiro atoms. The van der Waals surface area contributed by atoms with E-state index < -0.39 is 35.5 Å². The fraction of sp³-hybridized carbons (Fsp3) is 0.559. The minimum absolute atomic E-state index is 0.0521. The standard InChI is InChI=1S/C34H44ClF3N8O4/c35-27-20-22(19-26(30(27)39)34(36,37)38)21-29(31(47)44-12-6-24(7-13-44)43-17-10-40-11-18-43)42-33(49)50-45-14-8-25(9-15-45)46-16-5-23-3-1-2-4-28(23)41-32(46)48/h1-4,19-20,24-25,29,40H,5-18,21,39H2,(H,41,48)(H,42,49). The Kier molecular flexibility index (Phi) is 11.3. The molecule has 4 aliphatic heterocycles. The third-order valence-electron chi connectivity index (χ3n) is 10.2. The molecular formula is C34H44ClF3N8O4. The number of alkyl halides is 3. The monoisotopic (exact) mass is 720 g/mol. The molecule has 0 bridgehead atoms. The van der Waals surface area contributed by atoms with Crippen molar-refractivity contribution in [3.8, 4) is 0 Å². The summed E-state index contributed by atoms with van der Waals surface area (Å²) in [6.07, 6.45) is -2.54. The molecule has 0 saturated carbocycles. The van der Waals surface area contributed by atoms with Crippen LogP contribution < -0.4 is 21.7 Å². The number of nitrogen functional groups attached to an aromatic ring is 1. The van der Waals surface area contributed by atoms with Gasteiger partial charge < -0.3 is 36.3 Å². The number of benzene rings is 2. The molecule has 4 amide bonds. The fourth-order valence-electron chi connectivity index (χ4n) is 7.45. The minimum Gasteiger partial charge on any atom is -0.397 e. The number of anilines is 2. The fourth-order valence-corrected chi connectivity index (χ4v) is 7.69. The van der Waals surface area contributed by atoms with E-state index >= 15 is 0 Å². The number of urea groups is 1. The van der Waals surface area contributed by atoms with Crippen LogP contribution in [0.5, 0.6) is 0 Å². The Hall–Kier alpha value is -3.79. The van der Waals surface area contributed by atoms with Gasteiger partial charge >= 0.3 is 18.3 Å². The second-order valence-electron chi connectivity index (χ2n) is 13.3. The number of halogens is 4. The number of hydrogen-bond acceptors (Lipinski definition) is 8. The summed E-state index contributed by atoms with van der Waals surface area (Å²) >= 11 is 6.09. The summed E-state index contributed by atoms with van der Waals surface area (Å²) in [6.45, 7) is 5.89. The number of fused-ring (bicyclic) bond motifs is 1. The Labute approximate surface area is 294 Å². The molecular weight excluding hydrogens is 677 g/mol. The zero-order valence-electron chi connectivity index (χ0n) is 27.8. The van der Waals surface area contributed by atoms with Crippen LogP contribution in [0.3, 0.4) is 0 Å². The predicted octanol–water partition coefficient (Wildman–Crippen LogP) is 3.94. The molecule has 0 aliphatic carbocycles. The van der Waals surface area contributed by atoms with Crippen LogP contribution >= 0.6 is 11.6 Å². The van der Waals surface area contributed by atoms with Gasteiger partial charge in [0.15, 0.2) is 0 Å². The molecule has 3 fully saturated rings. The van der Waals surface area contributed by atoms with E-state index in [4.69, 9.17) is 22.2 Å². The summed E-state index contributed by atoms with van der Waals surface area (Å²) in [5.74, 6) is -0.408. The number of nitrogens with one attached hydrogen (secondary N) is 3. The van der Waals surface area contributed by atoms with Crippen LogP contribution in [0.1, 0.15) is 42.4 Å². The zero-order chi connectivity index (χ0) is 35.4. The maximum atomic E-state index is 13.9. The van der Waals surface area contributed by atoms with Crippen LogP contribution in [0.15, 0.2) is 36.4 Å². The quantitative estimate of drug-likeness (QED) is 0.316. The summed E-state index contributed by atoms with van der Waals surface area (Å²) in [7, 11) is 0. The van der Waals surface area contributed by atoms with Gasteiger partial charge in [-0.15, -0.1) is 5.06 Å². The van der Waals surface area contributed by atoms with Gasteiger partial charge in [-0.25, -0.2) is 9.59 Å². The summed E-state index contributed by atoms with van der Waals surface area (Å²) < 4.78 is 41.3. The Morgan fingerprint density at radius 3 is 2.36 bits per heavy atom. The number of piperidine rings is 2. The van der Waals surface area contributed by atoms with Crippen molar-refractivity contribution < 1.29 is 32.4 Å². The van der Waals surface area contributed by atoms with Crippen molar-refractivity contribution in [2.45, 2.75) is 62.8 Å². The van der Waals surface area contributed by atoms with Crippen molar-refractivity contribution in [1.29, 1.82) is 0 Å². The highest BCUT2D eigenvalue weighted by molar-refractivity contribution is 6.33. The van der Waals surface area contributed by atoms with Gasteiger partial charge in [-0.3, -0.25) is 9.69 Å². The van der Waals surface area contributed by atoms with Gasteiger partial charge in [0, 0.05) is 83.1 Å². The Bertz CT molecular complexity index is 1540. The highest BCUT2D eigenvalue weighted by Crippen LogP contribution is 2.38. The zero-order valence-corrected chi connectivity index (χ0v) is 28.6. The summed E-state index contributed by atoms with van der Waals surface area (Å²) in [5.41, 5.74) is 5.92. The molecule has 1 unspecified atom stereocenters. The number of hydroxylamine groups is 2. The Morgan fingerprint density at radius 1 is 0.980 bits per heavy atom. The van der Waals surface area contributed by atoms with Gasteiger partial charge in [0.05, 0.1) is 16.3 Å². The number of carbonyl (C=O) groups is 3. The van der Waals surface area contributed by atoms with Gasteiger partial charge in [0.2, 0.25) is 5.91 Å². The average Bonchev–Trinajstić information content (AvgIpc) is 3.27. The summed E-state index contributed by atoms with van der Waals surface area (Å²) in [6, 6.07) is 8.78. The molecule has 4 heterocycles. The van der Waals surface area contributed by atoms with Crippen LogP contribution in [0.25, 0.3) is 0 Å². The first-order valence-corrected chi connectivity index (χ1v) is 17.6. The Balaban J connectivity index is 1.09. The molecule has 50 heavy (non-hydrogen) atoms. The number of likely N-dealkylation sites (tertiary alicyclic amines) is 1. The van der Waals surface area contributed by atoms with Crippen LogP contribution in [0.2, 0.25) is 5.02 Å². The lowest BCUT2D eigenvalue weighted by Crippen LogP contribution is -2.56. The van der Waals surface area contributed by atoms with Crippen LogP contribution in [-0.2, 0) is 28.7 Å². The molecule has 16 heteroatoms. The van der Waals surface area contributed by atoms with Crippen LogP contribution in [-0.4, -0.2) is 115 Å². The summed E-state index contributed by atoms with van der Waals surface area (Å²) in [4.78, 5) is 51.7. The first kappa shape index (κ1) is 36.0. The number of rotatable bonds is 7. The first-order valence-electron chi connectivity index (χ1n) is 17.2. The third kappa shape index (κ3) is 8.56. The van der Waals surface area contributed by atoms with Crippen LogP contribution in [0, 0.1) is 0 Å². The highest BCUT2D eigenvalue weighted by atomic mass is 35.5. The largest absolute Gasteiger partial charge is 0.426 e. The van der Waals surface area contributed by atoms with Crippen LogP contribution in [0.4, 0.5) is 34.1 Å². The predicted molar refractivity (Wildman–Crippen MR) is 182 cm³/mol. The van der Waals surface area contributed by atoms with E-state index in [0.717, 1.165) is 62.8 Å². The second kappa shape index (κ2) is 15.6. The minimum atomic E-state index is -4.76. The van der Waals surface area contributed by atoms with Crippen molar-refractivity contribution in [3.63, 3.8) is 0 Å². The van der Waals surface area contributed by atoms with E-state index in [-0.39, 0.29) is 29.1 Å². The average molecular weight is 721 g/mol. The Morgan fingerprint density at radius 2 is 1.66 bits per heavy atom. The number of para-hydroxylation sites is 1. The molecule has 0 aromatic heterocycles. The molecule has 2 aromatic rings. The van der Waals surface area contributed by atoms with Gasteiger partial charge in [-0.2, -0.15) is 13.2 Å². The number of amides is 4. The van der Waals surface area contributed by atoms with Crippen molar-refractivity contribution in [2.75, 3.05) is 70.0 Å². The lowest BCUT2D eigenvalue weighted by molar-refractivity contribution is -0.137. The van der Waals surface area contributed by atoms with E-state index in [0.29, 0.717) is 51.6 Å². The molecule has 2 aromatic carbocycles. The van der Waals surface area contributed by atoms with E-state index in [1.807, 2.05) is 29.2 Å². The van der Waals surface area contributed by atoms with Crippen molar-refractivity contribution in [3.05, 3.63) is 58.1 Å². The van der Waals surface area contributed by atoms with E-state index in [1.54, 1.807) is 4.90 Å². The van der Waals surface area contributed by atoms with Crippen molar-refractivity contribution >= 4 is 41.0 Å². The van der Waals surface area contributed by atoms with Crippen molar-refractivity contribution in [2.24, 2.45) is 0 Å². The summed E-state index contributed by atoms with van der Waals surface area (Å²) in [5, 5.41) is 10.2.